The number of fused-ring (bicyclic) bond motifs is 2. The molecule has 3 aromatic heterocycles. The minimum atomic E-state index is -0.775. The number of piperidine rings is 1. The second-order valence-electron chi connectivity index (χ2n) is 12.3. The van der Waals surface area contributed by atoms with Crippen molar-refractivity contribution in [2.24, 2.45) is 0 Å². The van der Waals surface area contributed by atoms with Crippen molar-refractivity contribution in [3.05, 3.63) is 59.6 Å². The molecule has 0 unspecified atom stereocenters. The molecule has 0 aliphatic carbocycles. The number of alkyl halides is 1. The number of halogens is 3. The predicted octanol–water partition coefficient (Wildman–Crippen LogP) is 5.84. The minimum Gasteiger partial charge on any atom is -0.490 e. The molecule has 1 amide bonds. The van der Waals surface area contributed by atoms with E-state index in [1.807, 2.05) is 29.1 Å². The molecule has 9 nitrogen and oxygen atoms in total. The molecule has 2 fully saturated rings. The van der Waals surface area contributed by atoms with Gasteiger partial charge in [0.1, 0.15) is 47.4 Å². The Kier molecular flexibility index (Phi) is 8.71. The minimum absolute atomic E-state index is 0.0467. The van der Waals surface area contributed by atoms with Crippen molar-refractivity contribution < 1.29 is 27.4 Å². The number of hydrogen-bond donors (Lipinski definition) is 0. The van der Waals surface area contributed by atoms with Crippen LogP contribution in [0.5, 0.6) is 5.75 Å². The summed E-state index contributed by atoms with van der Waals surface area (Å²) in [6.45, 7) is 9.81. The number of hydrogen-bond acceptors (Lipinski definition) is 8. The molecule has 4 aromatic rings. The number of aromatic nitrogens is 3. The Labute approximate surface area is 275 Å². The number of thiophene rings is 1. The Bertz CT molecular complexity index is 1810. The van der Waals surface area contributed by atoms with Crippen molar-refractivity contribution in [2.75, 3.05) is 57.9 Å². The topological polar surface area (TPSA) is 76.0 Å². The summed E-state index contributed by atoms with van der Waals surface area (Å²) in [5.74, 6) is -0.895. The van der Waals surface area contributed by atoms with Crippen LogP contribution in [0.3, 0.4) is 0 Å². The zero-order chi connectivity index (χ0) is 32.8. The van der Waals surface area contributed by atoms with Crippen LogP contribution in [-0.2, 0) is 16.1 Å². The van der Waals surface area contributed by atoms with Crippen molar-refractivity contribution in [3.63, 3.8) is 0 Å². The van der Waals surface area contributed by atoms with Gasteiger partial charge in [-0.05, 0) is 43.4 Å². The number of anilines is 1. The second kappa shape index (κ2) is 12.9. The summed E-state index contributed by atoms with van der Waals surface area (Å²) in [5, 5.41) is 7.73. The highest BCUT2D eigenvalue weighted by molar-refractivity contribution is 7.18. The SMILES string of the molecule is C=CC(=O)N1CCn2nc(-c3nc(N4CC(N5CCC(F)CC5)C4)c4ccsc4c3-c3c(F)cc(F)cc3OCCOC)cc2[C@H]1C. The third kappa shape index (κ3) is 5.78. The van der Waals surface area contributed by atoms with Gasteiger partial charge >= 0.3 is 0 Å². The highest BCUT2D eigenvalue weighted by Gasteiger charge is 2.37. The van der Waals surface area contributed by atoms with Gasteiger partial charge in [-0.3, -0.25) is 14.4 Å². The summed E-state index contributed by atoms with van der Waals surface area (Å²) < 4.78 is 58.2. The fourth-order valence-corrected chi connectivity index (χ4v) is 7.88. The van der Waals surface area contributed by atoms with Crippen LogP contribution in [-0.4, -0.2) is 95.7 Å². The first kappa shape index (κ1) is 31.6. The highest BCUT2D eigenvalue weighted by Crippen LogP contribution is 2.48. The van der Waals surface area contributed by atoms with Crippen LogP contribution >= 0.6 is 11.3 Å². The van der Waals surface area contributed by atoms with E-state index in [-0.39, 0.29) is 36.5 Å². The van der Waals surface area contributed by atoms with Gasteiger partial charge in [0.2, 0.25) is 5.91 Å². The van der Waals surface area contributed by atoms with E-state index in [1.54, 1.807) is 4.90 Å². The molecule has 0 radical (unpaired) electrons. The van der Waals surface area contributed by atoms with Gasteiger partial charge in [-0.1, -0.05) is 6.58 Å². The number of likely N-dealkylation sites (tertiary alicyclic amines) is 1. The highest BCUT2D eigenvalue weighted by atomic mass is 32.1. The first-order valence-electron chi connectivity index (χ1n) is 15.9. The smallest absolute Gasteiger partial charge is 0.246 e. The van der Waals surface area contributed by atoms with Gasteiger partial charge in [0.25, 0.3) is 0 Å². The summed E-state index contributed by atoms with van der Waals surface area (Å²) in [7, 11) is 1.53. The Morgan fingerprint density at radius 3 is 2.64 bits per heavy atom. The number of methoxy groups -OCH3 is 1. The lowest BCUT2D eigenvalue weighted by atomic mass is 9.97. The molecule has 1 aromatic carbocycles. The fraction of sp³-hybridized carbons (Fsp3) is 0.441. The third-order valence-electron chi connectivity index (χ3n) is 9.50. The van der Waals surface area contributed by atoms with Gasteiger partial charge in [-0.15, -0.1) is 11.3 Å². The summed E-state index contributed by atoms with van der Waals surface area (Å²) in [4.78, 5) is 24.1. The summed E-state index contributed by atoms with van der Waals surface area (Å²) >= 11 is 1.45. The van der Waals surface area contributed by atoms with Crippen molar-refractivity contribution in [1.82, 2.24) is 24.6 Å². The number of rotatable bonds is 9. The summed E-state index contributed by atoms with van der Waals surface area (Å²) in [6, 6.07) is 5.94. The van der Waals surface area contributed by atoms with Gasteiger partial charge in [0, 0.05) is 73.7 Å². The summed E-state index contributed by atoms with van der Waals surface area (Å²) in [6.07, 6.45) is 1.69. The second-order valence-corrected chi connectivity index (χ2v) is 13.2. The molecule has 13 heteroatoms. The van der Waals surface area contributed by atoms with E-state index in [2.05, 4.69) is 16.4 Å². The molecule has 3 aliphatic heterocycles. The normalized spacial score (nSPS) is 19.2. The molecule has 7 rings (SSSR count). The molecule has 0 N–H and O–H groups in total. The number of pyridine rings is 1. The number of carbonyl (C=O) groups excluding carboxylic acids is 1. The van der Waals surface area contributed by atoms with Crippen LogP contribution in [0.15, 0.2) is 42.3 Å². The Morgan fingerprint density at radius 1 is 1.11 bits per heavy atom. The van der Waals surface area contributed by atoms with Crippen molar-refractivity contribution in [1.29, 1.82) is 0 Å². The molecule has 0 bridgehead atoms. The monoisotopic (exact) mass is 666 g/mol. The lowest BCUT2D eigenvalue weighted by Crippen LogP contribution is -2.61. The average Bonchev–Trinajstić information content (AvgIpc) is 3.70. The fourth-order valence-electron chi connectivity index (χ4n) is 6.94. The van der Waals surface area contributed by atoms with Gasteiger partial charge in [-0.25, -0.2) is 18.2 Å². The first-order valence-corrected chi connectivity index (χ1v) is 16.8. The first-order chi connectivity index (χ1) is 22.8. The molecule has 6 heterocycles. The number of carbonyl (C=O) groups is 1. The average molecular weight is 667 g/mol. The lowest BCUT2D eigenvalue weighted by Gasteiger charge is -2.47. The largest absolute Gasteiger partial charge is 0.490 e. The summed E-state index contributed by atoms with van der Waals surface area (Å²) in [5.41, 5.74) is 2.34. The number of ether oxygens (including phenoxy) is 2. The molecule has 248 valence electrons. The van der Waals surface area contributed by atoms with Crippen LogP contribution in [0.1, 0.15) is 31.5 Å². The van der Waals surface area contributed by atoms with Gasteiger partial charge < -0.3 is 19.3 Å². The number of amides is 1. The van der Waals surface area contributed by atoms with E-state index in [9.17, 15) is 13.6 Å². The zero-order valence-electron chi connectivity index (χ0n) is 26.4. The van der Waals surface area contributed by atoms with Crippen molar-refractivity contribution in [2.45, 2.75) is 44.6 Å². The number of nitrogens with zero attached hydrogens (tertiary/aromatic N) is 6. The van der Waals surface area contributed by atoms with Gasteiger partial charge in [-0.2, -0.15) is 5.10 Å². The molecule has 1 atom stereocenters. The maximum absolute atomic E-state index is 16.0. The maximum atomic E-state index is 16.0. The molecular formula is C34H37F3N6O3S. The van der Waals surface area contributed by atoms with Crippen molar-refractivity contribution in [3.8, 4) is 28.3 Å². The van der Waals surface area contributed by atoms with E-state index in [1.165, 1.54) is 30.6 Å². The van der Waals surface area contributed by atoms with E-state index in [0.717, 1.165) is 53.8 Å². The zero-order valence-corrected chi connectivity index (χ0v) is 27.2. The Balaban J connectivity index is 1.36. The predicted molar refractivity (Wildman–Crippen MR) is 176 cm³/mol. The van der Waals surface area contributed by atoms with Crippen LogP contribution in [0.4, 0.5) is 19.0 Å². The molecule has 3 aliphatic rings. The lowest BCUT2D eigenvalue weighted by molar-refractivity contribution is -0.129. The molecule has 0 saturated carbocycles. The van der Waals surface area contributed by atoms with Gasteiger partial charge in [0.15, 0.2) is 0 Å². The van der Waals surface area contributed by atoms with Crippen LogP contribution < -0.4 is 9.64 Å². The maximum Gasteiger partial charge on any atom is 0.246 e. The van der Waals surface area contributed by atoms with E-state index in [4.69, 9.17) is 19.6 Å². The quantitative estimate of drug-likeness (QED) is 0.164. The molecule has 2 saturated heterocycles. The molecular weight excluding hydrogens is 629 g/mol. The van der Waals surface area contributed by atoms with Crippen LogP contribution in [0.25, 0.3) is 32.6 Å². The standard InChI is InChI=1S/C34H37F3N6O3S/c1-4-29(44)42-10-11-43-27(20(42)2)17-26(39-43)32-31(30-25(37)15-22(36)16-28(30)46-13-12-45-3)33-24(7-14-47-33)34(38-32)41-18-23(19-41)40-8-5-21(35)6-9-40/h4,7,14-17,20-21,23H,1,5-6,8-13,18-19H2,2-3H3/t20-/m1/s1. The van der Waals surface area contributed by atoms with E-state index < -0.39 is 17.8 Å². The number of benzene rings is 1. The molecule has 47 heavy (non-hydrogen) atoms. The molecule has 0 spiro atoms. The van der Waals surface area contributed by atoms with E-state index in [0.29, 0.717) is 48.9 Å². The van der Waals surface area contributed by atoms with Crippen LogP contribution in [0, 0.1) is 11.6 Å². The van der Waals surface area contributed by atoms with Crippen LogP contribution in [0.2, 0.25) is 0 Å². The van der Waals surface area contributed by atoms with Crippen molar-refractivity contribution >= 4 is 33.1 Å². The van der Waals surface area contributed by atoms with E-state index >= 15 is 4.39 Å². The van der Waals surface area contributed by atoms with Gasteiger partial charge in [0.05, 0.1) is 30.5 Å². The Morgan fingerprint density at radius 2 is 1.89 bits per heavy atom. The third-order valence-corrected chi connectivity index (χ3v) is 10.4. The Hall–Kier alpha value is -3.94.